The summed E-state index contributed by atoms with van der Waals surface area (Å²) in [5, 5.41) is 13.4. The smallest absolute Gasteiger partial charge is 0.155 e. The summed E-state index contributed by atoms with van der Waals surface area (Å²) >= 11 is 5.93. The van der Waals surface area contributed by atoms with Gasteiger partial charge in [0.25, 0.3) is 0 Å². The first-order valence-electron chi connectivity index (χ1n) is 12.5. The van der Waals surface area contributed by atoms with E-state index in [1.807, 2.05) is 6.07 Å². The van der Waals surface area contributed by atoms with E-state index >= 15 is 0 Å². The summed E-state index contributed by atoms with van der Waals surface area (Å²) in [5.74, 6) is 0.990. The van der Waals surface area contributed by atoms with E-state index in [1.165, 1.54) is 30.9 Å². The molecule has 1 N–H and O–H groups in total. The van der Waals surface area contributed by atoms with Crippen LogP contribution in [0.15, 0.2) is 70.9 Å². The number of nitrogens with zero attached hydrogens (tertiary/aromatic N) is 4. The van der Waals surface area contributed by atoms with Crippen molar-refractivity contribution in [2.24, 2.45) is 16.1 Å². The van der Waals surface area contributed by atoms with E-state index in [0.29, 0.717) is 24.4 Å². The van der Waals surface area contributed by atoms with Gasteiger partial charge in [-0.1, -0.05) is 53.2 Å². The summed E-state index contributed by atoms with van der Waals surface area (Å²) in [7, 11) is 0. The lowest BCUT2D eigenvalue weighted by molar-refractivity contribution is 0.188. The molecule has 3 aromatic rings. The second-order valence-electron chi connectivity index (χ2n) is 9.71. The second kappa shape index (κ2) is 11.3. The van der Waals surface area contributed by atoms with Gasteiger partial charge in [-0.05, 0) is 74.0 Å². The molecule has 3 heterocycles. The molecule has 0 atom stereocenters. The summed E-state index contributed by atoms with van der Waals surface area (Å²) in [6, 6.07) is 17.2. The van der Waals surface area contributed by atoms with Gasteiger partial charge in [0.1, 0.15) is 5.82 Å². The zero-order chi connectivity index (χ0) is 24.9. The summed E-state index contributed by atoms with van der Waals surface area (Å²) in [6.45, 7) is 3.25. The van der Waals surface area contributed by atoms with Gasteiger partial charge in [-0.15, -0.1) is 0 Å². The van der Waals surface area contributed by atoms with Gasteiger partial charge in [-0.2, -0.15) is 0 Å². The Hall–Kier alpha value is -3.09. The molecule has 0 bridgehead atoms. The van der Waals surface area contributed by atoms with E-state index in [1.54, 1.807) is 18.3 Å². The van der Waals surface area contributed by atoms with E-state index in [9.17, 15) is 9.60 Å². The number of fused-ring (bicyclic) bond motifs is 1. The SMILES string of the molecule is O/N=C(\Cc1ccc(F)c(Cl)c1)c1ccnc2c1CC(CCN1CCC(Cc3ccccc3)CC1)=N2. The highest BCUT2D eigenvalue weighted by atomic mass is 35.5. The van der Waals surface area contributed by atoms with E-state index < -0.39 is 5.82 Å². The maximum Gasteiger partial charge on any atom is 0.155 e. The van der Waals surface area contributed by atoms with Crippen molar-refractivity contribution in [3.05, 3.63) is 93.9 Å². The zero-order valence-electron chi connectivity index (χ0n) is 20.2. The number of oxime groups is 1. The first-order valence-corrected chi connectivity index (χ1v) is 12.9. The van der Waals surface area contributed by atoms with Crippen molar-refractivity contribution in [3.8, 4) is 0 Å². The normalized spacial score (nSPS) is 16.7. The fraction of sp³-hybridized carbons (Fsp3) is 0.345. The molecule has 2 aromatic carbocycles. The zero-order valence-corrected chi connectivity index (χ0v) is 21.0. The Balaban J connectivity index is 1.16. The minimum atomic E-state index is -0.467. The van der Waals surface area contributed by atoms with Gasteiger partial charge >= 0.3 is 0 Å². The number of aromatic nitrogens is 1. The minimum Gasteiger partial charge on any atom is -0.411 e. The van der Waals surface area contributed by atoms with E-state index in [-0.39, 0.29) is 5.02 Å². The number of benzene rings is 2. The van der Waals surface area contributed by atoms with Crippen LogP contribution in [0.3, 0.4) is 0 Å². The molecule has 0 amide bonds. The molecule has 5 nitrogen and oxygen atoms in total. The predicted molar refractivity (Wildman–Crippen MR) is 142 cm³/mol. The van der Waals surface area contributed by atoms with Gasteiger partial charge in [0.15, 0.2) is 5.82 Å². The van der Waals surface area contributed by atoms with Crippen molar-refractivity contribution in [1.29, 1.82) is 0 Å². The average molecular weight is 505 g/mol. The van der Waals surface area contributed by atoms with Crippen LogP contribution in [0.2, 0.25) is 5.02 Å². The van der Waals surface area contributed by atoms with Crippen LogP contribution >= 0.6 is 11.6 Å². The van der Waals surface area contributed by atoms with Gasteiger partial charge < -0.3 is 10.1 Å². The standard InChI is InChI=1S/C29H30ClFN4O/c30-26-17-22(6-7-27(26)31)18-28(34-36)24-8-12-32-29-25(24)19-23(33-29)11-15-35-13-9-21(10-14-35)16-20-4-2-1-3-5-20/h1-8,12,17,21,36H,9-11,13-16,18-19H2/b34-28+. The Bertz CT molecular complexity index is 1270. The van der Waals surface area contributed by atoms with E-state index in [4.69, 9.17) is 16.6 Å². The van der Waals surface area contributed by atoms with Crippen LogP contribution in [0, 0.1) is 11.7 Å². The Kier molecular flexibility index (Phi) is 7.73. The molecule has 1 saturated heterocycles. The number of pyridine rings is 1. The molecule has 0 unspecified atom stereocenters. The van der Waals surface area contributed by atoms with Crippen molar-refractivity contribution in [3.63, 3.8) is 0 Å². The van der Waals surface area contributed by atoms with E-state index in [0.717, 1.165) is 54.4 Å². The van der Waals surface area contributed by atoms with Gasteiger partial charge in [-0.25, -0.2) is 14.4 Å². The van der Waals surface area contributed by atoms with Crippen LogP contribution in [0.5, 0.6) is 0 Å². The number of hydrogen-bond donors (Lipinski definition) is 1. The van der Waals surface area contributed by atoms with Crippen molar-refractivity contribution in [2.75, 3.05) is 19.6 Å². The molecule has 0 aliphatic carbocycles. The Labute approximate surface area is 216 Å². The first-order chi connectivity index (χ1) is 17.6. The molecule has 2 aliphatic rings. The third kappa shape index (κ3) is 5.82. The van der Waals surface area contributed by atoms with Crippen molar-refractivity contribution in [2.45, 2.75) is 38.5 Å². The lowest BCUT2D eigenvalue weighted by atomic mass is 9.90. The Morgan fingerprint density at radius 2 is 1.89 bits per heavy atom. The molecule has 5 rings (SSSR count). The highest BCUT2D eigenvalue weighted by Crippen LogP contribution is 2.30. The molecule has 7 heteroatoms. The highest BCUT2D eigenvalue weighted by Gasteiger charge is 2.24. The Morgan fingerprint density at radius 1 is 1.08 bits per heavy atom. The first kappa shape index (κ1) is 24.6. The van der Waals surface area contributed by atoms with E-state index in [2.05, 4.69) is 45.4 Å². The topological polar surface area (TPSA) is 61.1 Å². The lowest BCUT2D eigenvalue weighted by Crippen LogP contribution is -2.35. The fourth-order valence-electron chi connectivity index (χ4n) is 5.24. The molecule has 36 heavy (non-hydrogen) atoms. The Morgan fingerprint density at radius 3 is 2.64 bits per heavy atom. The van der Waals surface area contributed by atoms with Crippen LogP contribution in [0.25, 0.3) is 0 Å². The number of rotatable bonds is 8. The number of likely N-dealkylation sites (tertiary alicyclic amines) is 1. The number of halogens is 2. The molecule has 0 radical (unpaired) electrons. The molecule has 1 fully saturated rings. The summed E-state index contributed by atoms with van der Waals surface area (Å²) in [5.41, 5.74) is 5.62. The van der Waals surface area contributed by atoms with Gasteiger partial charge in [0.05, 0.1) is 10.7 Å². The number of piperidine rings is 1. The summed E-state index contributed by atoms with van der Waals surface area (Å²) < 4.78 is 13.5. The minimum absolute atomic E-state index is 0.0551. The lowest BCUT2D eigenvalue weighted by Gasteiger charge is -2.32. The third-order valence-electron chi connectivity index (χ3n) is 7.26. The molecule has 0 saturated carbocycles. The largest absolute Gasteiger partial charge is 0.411 e. The second-order valence-corrected chi connectivity index (χ2v) is 10.1. The molecule has 0 spiro atoms. The highest BCUT2D eigenvalue weighted by molar-refractivity contribution is 6.30. The fourth-order valence-corrected chi connectivity index (χ4v) is 5.44. The number of hydrogen-bond acceptors (Lipinski definition) is 5. The monoisotopic (exact) mass is 504 g/mol. The summed E-state index contributed by atoms with van der Waals surface area (Å²) in [6.07, 6.45) is 7.27. The van der Waals surface area contributed by atoms with Gasteiger partial charge in [0, 0.05) is 42.4 Å². The summed E-state index contributed by atoms with van der Waals surface area (Å²) in [4.78, 5) is 11.8. The van der Waals surface area contributed by atoms with Crippen molar-refractivity contribution < 1.29 is 9.60 Å². The average Bonchev–Trinajstić information content (AvgIpc) is 3.33. The maximum absolute atomic E-state index is 13.5. The van der Waals surface area contributed by atoms with Crippen LogP contribution in [0.1, 0.15) is 41.5 Å². The molecule has 1 aromatic heterocycles. The maximum atomic E-state index is 13.5. The van der Waals surface area contributed by atoms with Crippen molar-refractivity contribution in [1.82, 2.24) is 9.88 Å². The molecule has 2 aliphatic heterocycles. The van der Waals surface area contributed by atoms with Gasteiger partial charge in [-0.3, -0.25) is 0 Å². The van der Waals surface area contributed by atoms with Gasteiger partial charge in [0.2, 0.25) is 0 Å². The van der Waals surface area contributed by atoms with Crippen LogP contribution in [-0.2, 0) is 19.3 Å². The third-order valence-corrected chi connectivity index (χ3v) is 7.55. The predicted octanol–water partition coefficient (Wildman–Crippen LogP) is 6.27. The quantitative estimate of drug-likeness (QED) is 0.223. The number of aliphatic imine (C=N–C) groups is 1. The van der Waals surface area contributed by atoms with Crippen molar-refractivity contribution >= 4 is 28.8 Å². The van der Waals surface area contributed by atoms with Crippen LogP contribution in [0.4, 0.5) is 10.2 Å². The van der Waals surface area contributed by atoms with Crippen LogP contribution in [-0.4, -0.2) is 46.1 Å². The molecule has 186 valence electrons. The van der Waals surface area contributed by atoms with Crippen LogP contribution < -0.4 is 0 Å². The molecular formula is C29H30ClFN4O. The molecular weight excluding hydrogens is 475 g/mol.